The number of hydrogen-bond acceptors (Lipinski definition) is 3. The molecule has 1 N–H and O–H groups in total. The van der Waals surface area contributed by atoms with Gasteiger partial charge in [0.1, 0.15) is 0 Å². The summed E-state index contributed by atoms with van der Waals surface area (Å²) in [4.78, 5) is 4.28. The van der Waals surface area contributed by atoms with E-state index in [1.54, 1.807) is 18.0 Å². The molecule has 0 saturated carbocycles. The van der Waals surface area contributed by atoms with E-state index in [9.17, 15) is 0 Å². The van der Waals surface area contributed by atoms with Crippen LogP contribution in [-0.4, -0.2) is 17.8 Å². The number of aromatic nitrogens is 1. The van der Waals surface area contributed by atoms with Gasteiger partial charge in [-0.3, -0.25) is 0 Å². The van der Waals surface area contributed by atoms with Crippen LogP contribution in [0.1, 0.15) is 11.6 Å². The fourth-order valence-corrected chi connectivity index (χ4v) is 2.75. The summed E-state index contributed by atoms with van der Waals surface area (Å²) in [6.07, 6.45) is 1.68. The van der Waals surface area contributed by atoms with Crippen molar-refractivity contribution in [3.63, 3.8) is 0 Å². The number of thioether (sulfide) groups is 1. The molecule has 0 radical (unpaired) electrons. The first kappa shape index (κ1) is 13.4. The van der Waals surface area contributed by atoms with E-state index >= 15 is 0 Å². The van der Waals surface area contributed by atoms with E-state index in [1.165, 1.54) is 5.56 Å². The Hall–Kier alpha value is -1.03. The number of halogens is 1. The van der Waals surface area contributed by atoms with Crippen molar-refractivity contribution in [2.75, 3.05) is 12.8 Å². The molecule has 0 fully saturated rings. The standard InChI is InChI=1S/C14H15ClN2S/c1-16-13(11-5-3-2-4-6-11)10-18-14-8-7-12(15)9-17-14/h2-9,13,16H,10H2,1H3. The van der Waals surface area contributed by atoms with Crippen molar-refractivity contribution in [3.8, 4) is 0 Å². The quantitative estimate of drug-likeness (QED) is 0.843. The molecule has 4 heteroatoms. The largest absolute Gasteiger partial charge is 0.312 e. The van der Waals surface area contributed by atoms with E-state index in [0.717, 1.165) is 10.8 Å². The fraction of sp³-hybridized carbons (Fsp3) is 0.214. The highest BCUT2D eigenvalue weighted by Crippen LogP contribution is 2.23. The SMILES string of the molecule is CNC(CSc1ccc(Cl)cn1)c1ccccc1. The van der Waals surface area contributed by atoms with Gasteiger partial charge in [-0.2, -0.15) is 0 Å². The Morgan fingerprint density at radius 2 is 2.00 bits per heavy atom. The van der Waals surface area contributed by atoms with Gasteiger partial charge in [-0.25, -0.2) is 4.98 Å². The van der Waals surface area contributed by atoms with Gasteiger partial charge in [0.25, 0.3) is 0 Å². The highest BCUT2D eigenvalue weighted by molar-refractivity contribution is 7.99. The molecule has 1 aromatic carbocycles. The van der Waals surface area contributed by atoms with Crippen molar-refractivity contribution in [2.24, 2.45) is 0 Å². The average molecular weight is 279 g/mol. The van der Waals surface area contributed by atoms with Crippen molar-refractivity contribution in [2.45, 2.75) is 11.1 Å². The van der Waals surface area contributed by atoms with Gasteiger partial charge in [0.05, 0.1) is 10.0 Å². The molecule has 0 aliphatic heterocycles. The molecule has 0 aliphatic rings. The van der Waals surface area contributed by atoms with Crippen LogP contribution in [0.25, 0.3) is 0 Å². The second-order valence-corrected chi connectivity index (χ2v) is 5.35. The van der Waals surface area contributed by atoms with E-state index in [4.69, 9.17) is 11.6 Å². The van der Waals surface area contributed by atoms with Crippen LogP contribution in [0.15, 0.2) is 53.7 Å². The molecule has 1 aromatic heterocycles. The monoisotopic (exact) mass is 278 g/mol. The van der Waals surface area contributed by atoms with Crippen molar-refractivity contribution in [1.82, 2.24) is 10.3 Å². The van der Waals surface area contributed by atoms with Crippen molar-refractivity contribution in [1.29, 1.82) is 0 Å². The molecule has 0 spiro atoms. The fourth-order valence-electron chi connectivity index (χ4n) is 1.65. The first-order chi connectivity index (χ1) is 8.79. The predicted molar refractivity (Wildman–Crippen MR) is 78.2 cm³/mol. The first-order valence-electron chi connectivity index (χ1n) is 5.76. The van der Waals surface area contributed by atoms with Crippen LogP contribution < -0.4 is 5.32 Å². The molecule has 2 rings (SSSR count). The average Bonchev–Trinajstić information content (AvgIpc) is 2.43. The number of pyridine rings is 1. The third-order valence-electron chi connectivity index (χ3n) is 2.65. The Morgan fingerprint density at radius 1 is 1.22 bits per heavy atom. The summed E-state index contributed by atoms with van der Waals surface area (Å²) in [6.45, 7) is 0. The van der Waals surface area contributed by atoms with Gasteiger partial charge in [-0.05, 0) is 24.7 Å². The van der Waals surface area contributed by atoms with E-state index in [-0.39, 0.29) is 0 Å². The lowest BCUT2D eigenvalue weighted by Gasteiger charge is -2.15. The summed E-state index contributed by atoms with van der Waals surface area (Å²) in [7, 11) is 1.98. The van der Waals surface area contributed by atoms with E-state index < -0.39 is 0 Å². The summed E-state index contributed by atoms with van der Waals surface area (Å²) in [5.74, 6) is 0.940. The summed E-state index contributed by atoms with van der Waals surface area (Å²) in [6, 6.07) is 14.6. The minimum Gasteiger partial charge on any atom is -0.312 e. The van der Waals surface area contributed by atoms with Crippen LogP contribution in [0, 0.1) is 0 Å². The Morgan fingerprint density at radius 3 is 2.61 bits per heavy atom. The van der Waals surface area contributed by atoms with Crippen LogP contribution in [0.2, 0.25) is 5.02 Å². The number of rotatable bonds is 5. The normalized spacial score (nSPS) is 12.3. The Bertz CT molecular complexity index is 473. The van der Waals surface area contributed by atoms with Gasteiger partial charge in [-0.15, -0.1) is 11.8 Å². The van der Waals surface area contributed by atoms with Gasteiger partial charge in [0.2, 0.25) is 0 Å². The lowest BCUT2D eigenvalue weighted by atomic mass is 10.1. The van der Waals surface area contributed by atoms with E-state index in [1.807, 2.05) is 25.2 Å². The maximum Gasteiger partial charge on any atom is 0.0961 e. The van der Waals surface area contributed by atoms with Gasteiger partial charge >= 0.3 is 0 Å². The highest BCUT2D eigenvalue weighted by atomic mass is 35.5. The van der Waals surface area contributed by atoms with Gasteiger partial charge in [0, 0.05) is 18.0 Å². The maximum absolute atomic E-state index is 5.81. The minimum atomic E-state index is 0.327. The summed E-state index contributed by atoms with van der Waals surface area (Å²) >= 11 is 7.54. The maximum atomic E-state index is 5.81. The summed E-state index contributed by atoms with van der Waals surface area (Å²) in [5.41, 5.74) is 1.29. The zero-order chi connectivity index (χ0) is 12.8. The molecule has 0 aliphatic carbocycles. The van der Waals surface area contributed by atoms with Crippen LogP contribution >= 0.6 is 23.4 Å². The molecule has 2 aromatic rings. The first-order valence-corrected chi connectivity index (χ1v) is 7.12. The second kappa shape index (κ2) is 6.78. The second-order valence-electron chi connectivity index (χ2n) is 3.88. The third kappa shape index (κ3) is 3.73. The number of benzene rings is 1. The van der Waals surface area contributed by atoms with Crippen LogP contribution in [0.4, 0.5) is 0 Å². The Balaban J connectivity index is 1.97. The van der Waals surface area contributed by atoms with Gasteiger partial charge < -0.3 is 5.32 Å². The van der Waals surface area contributed by atoms with Crippen molar-refractivity contribution in [3.05, 3.63) is 59.2 Å². The molecule has 94 valence electrons. The van der Waals surface area contributed by atoms with Gasteiger partial charge in [-0.1, -0.05) is 41.9 Å². The van der Waals surface area contributed by atoms with Crippen LogP contribution in [-0.2, 0) is 0 Å². The van der Waals surface area contributed by atoms with Crippen molar-refractivity contribution >= 4 is 23.4 Å². The van der Waals surface area contributed by atoms with E-state index in [0.29, 0.717) is 11.1 Å². The molecule has 0 saturated heterocycles. The minimum absolute atomic E-state index is 0.327. The molecule has 0 bridgehead atoms. The molecule has 1 atom stereocenters. The molecular weight excluding hydrogens is 264 g/mol. The number of hydrogen-bond donors (Lipinski definition) is 1. The zero-order valence-electron chi connectivity index (χ0n) is 10.1. The van der Waals surface area contributed by atoms with Crippen molar-refractivity contribution < 1.29 is 0 Å². The van der Waals surface area contributed by atoms with Gasteiger partial charge in [0.15, 0.2) is 0 Å². The van der Waals surface area contributed by atoms with Crippen LogP contribution in [0.3, 0.4) is 0 Å². The lowest BCUT2D eigenvalue weighted by molar-refractivity contribution is 0.661. The zero-order valence-corrected chi connectivity index (χ0v) is 11.7. The Kier molecular flexibility index (Phi) is 5.05. The molecule has 0 amide bonds. The molecular formula is C14H15ClN2S. The Labute approximate surface area is 117 Å². The highest BCUT2D eigenvalue weighted by Gasteiger charge is 2.09. The molecule has 1 heterocycles. The predicted octanol–water partition coefficient (Wildman–Crippen LogP) is 3.79. The third-order valence-corrected chi connectivity index (χ3v) is 3.91. The topological polar surface area (TPSA) is 24.9 Å². The summed E-state index contributed by atoms with van der Waals surface area (Å²) in [5, 5.41) is 4.99. The summed E-state index contributed by atoms with van der Waals surface area (Å²) < 4.78 is 0. The molecule has 2 nitrogen and oxygen atoms in total. The smallest absolute Gasteiger partial charge is 0.0961 e. The molecule has 18 heavy (non-hydrogen) atoms. The number of nitrogens with one attached hydrogen (secondary N) is 1. The molecule has 1 unspecified atom stereocenters. The van der Waals surface area contributed by atoms with E-state index in [2.05, 4.69) is 34.6 Å². The lowest BCUT2D eigenvalue weighted by Crippen LogP contribution is -2.18. The van der Waals surface area contributed by atoms with Crippen LogP contribution in [0.5, 0.6) is 0 Å². The number of nitrogens with zero attached hydrogens (tertiary/aromatic N) is 1.